The number of guanidine groups is 1. The number of hydrogen-bond acceptors (Lipinski definition) is 7. The molecule has 15 heavy (non-hydrogen) atoms. The van der Waals surface area contributed by atoms with Gasteiger partial charge in [-0.25, -0.2) is 10.0 Å². The molecule has 0 atom stereocenters. The summed E-state index contributed by atoms with van der Waals surface area (Å²) in [5.74, 6) is -0.0747. The second-order valence-corrected chi connectivity index (χ2v) is 2.64. The highest BCUT2D eigenvalue weighted by molar-refractivity contribution is 5.77. The molecule has 0 radical (unpaired) electrons. The monoisotopic (exact) mass is 212 g/mol. The summed E-state index contributed by atoms with van der Waals surface area (Å²) in [6, 6.07) is 0. The van der Waals surface area contributed by atoms with E-state index in [9.17, 15) is 0 Å². The highest BCUT2D eigenvalue weighted by atomic mass is 15.8. The summed E-state index contributed by atoms with van der Waals surface area (Å²) in [6.45, 7) is 0. The first-order valence-electron chi connectivity index (χ1n) is 4.05. The van der Waals surface area contributed by atoms with Gasteiger partial charge in [-0.05, 0) is 15.7 Å². The van der Waals surface area contributed by atoms with Crippen LogP contribution in [0, 0.1) is 0 Å². The minimum atomic E-state index is -0.405. The van der Waals surface area contributed by atoms with Gasteiger partial charge < -0.3 is 5.73 Å². The lowest BCUT2D eigenvalue weighted by atomic mass is 10.8. The molecule has 0 saturated carbocycles. The molecule has 1 aliphatic heterocycles. The van der Waals surface area contributed by atoms with Crippen molar-refractivity contribution in [1.82, 2.24) is 10.0 Å². The maximum Gasteiger partial charge on any atom is 0.261 e. The Morgan fingerprint density at radius 2 is 1.87 bits per heavy atom. The lowest BCUT2D eigenvalue weighted by Gasteiger charge is -2.15. The first-order valence-corrected chi connectivity index (χ1v) is 4.05. The summed E-state index contributed by atoms with van der Waals surface area (Å²) in [7, 11) is 4.91. The summed E-state index contributed by atoms with van der Waals surface area (Å²) in [5.41, 5.74) is 5.37. The van der Waals surface area contributed by atoms with Crippen molar-refractivity contribution in [2.45, 2.75) is 6.29 Å². The predicted octanol–water partition coefficient (Wildman–Crippen LogP) is 0.193. The Balaban J connectivity index is 2.58. The molecule has 82 valence electrons. The number of nitrogens with two attached hydrogens (primary N) is 1. The summed E-state index contributed by atoms with van der Waals surface area (Å²) < 4.78 is 0. The topological polar surface area (TPSA) is 119 Å². The maximum absolute atomic E-state index is 5.37. The van der Waals surface area contributed by atoms with Crippen LogP contribution in [0.25, 0.3) is 0 Å². The first kappa shape index (κ1) is 10.9. The smallest absolute Gasteiger partial charge is 0.261 e. The summed E-state index contributed by atoms with van der Waals surface area (Å²) in [5, 5.41) is 28.2. The molecular weight excluding hydrogens is 200 g/mol. The van der Waals surface area contributed by atoms with E-state index >= 15 is 0 Å². The third kappa shape index (κ3) is 2.93. The molecule has 0 fully saturated rings. The quantitative estimate of drug-likeness (QED) is 0.304. The van der Waals surface area contributed by atoms with Crippen molar-refractivity contribution in [3.05, 3.63) is 0 Å². The standard InChI is InChI=1S/C5H12N10/c1-7-11-9-4(6)8-10-5-14(2)12-13-15(5)3/h5H,1-3H3,(H2,6,7,9)/b10-8+. The minimum Gasteiger partial charge on any atom is -0.365 e. The van der Waals surface area contributed by atoms with E-state index in [1.165, 1.54) is 17.1 Å². The number of nitrogens with zero attached hydrogens (tertiary/aromatic N) is 9. The molecule has 0 aromatic rings. The van der Waals surface area contributed by atoms with Gasteiger partial charge in [0.05, 0.1) is 7.05 Å². The molecule has 0 saturated heterocycles. The zero-order chi connectivity index (χ0) is 11.3. The van der Waals surface area contributed by atoms with E-state index < -0.39 is 6.29 Å². The first-order chi connectivity index (χ1) is 7.15. The van der Waals surface area contributed by atoms with E-state index in [2.05, 4.69) is 36.1 Å². The van der Waals surface area contributed by atoms with Crippen LogP contribution in [0.5, 0.6) is 0 Å². The van der Waals surface area contributed by atoms with Crippen molar-refractivity contribution < 1.29 is 0 Å². The van der Waals surface area contributed by atoms with Crippen LogP contribution < -0.4 is 5.73 Å². The predicted molar refractivity (Wildman–Crippen MR) is 51.4 cm³/mol. The third-order valence-corrected chi connectivity index (χ3v) is 1.49. The van der Waals surface area contributed by atoms with Crippen LogP contribution in [0.3, 0.4) is 0 Å². The molecule has 0 spiro atoms. The summed E-state index contributed by atoms with van der Waals surface area (Å²) in [4.78, 5) is 0. The molecule has 2 N–H and O–H groups in total. The SMILES string of the molecule is C\N=N/N=C(N)/N=N/C1N(C)N=NN1C. The average molecular weight is 212 g/mol. The van der Waals surface area contributed by atoms with Crippen LogP contribution >= 0.6 is 0 Å². The van der Waals surface area contributed by atoms with Gasteiger partial charge in [-0.15, -0.1) is 10.2 Å². The van der Waals surface area contributed by atoms with E-state index in [4.69, 9.17) is 5.73 Å². The van der Waals surface area contributed by atoms with Crippen LogP contribution in [-0.2, 0) is 0 Å². The molecule has 1 heterocycles. The number of rotatable bonds is 2. The van der Waals surface area contributed by atoms with Crippen molar-refractivity contribution in [2.75, 3.05) is 21.1 Å². The maximum atomic E-state index is 5.37. The fraction of sp³-hybridized carbons (Fsp3) is 0.800. The van der Waals surface area contributed by atoms with Gasteiger partial charge in [-0.1, -0.05) is 5.10 Å². The number of hydrogen-bond donors (Lipinski definition) is 1. The Morgan fingerprint density at radius 3 is 2.40 bits per heavy atom. The van der Waals surface area contributed by atoms with E-state index in [1.807, 2.05) is 0 Å². The van der Waals surface area contributed by atoms with Crippen molar-refractivity contribution in [3.63, 3.8) is 0 Å². The molecule has 1 rings (SSSR count). The lowest BCUT2D eigenvalue weighted by molar-refractivity contribution is 0.158. The molecule has 0 aliphatic carbocycles. The van der Waals surface area contributed by atoms with Crippen molar-refractivity contribution in [2.24, 2.45) is 41.8 Å². The zero-order valence-corrected chi connectivity index (χ0v) is 8.68. The van der Waals surface area contributed by atoms with Crippen molar-refractivity contribution in [1.29, 1.82) is 0 Å². The molecule has 0 aromatic carbocycles. The zero-order valence-electron chi connectivity index (χ0n) is 8.68. The Hall–Kier alpha value is -2.13. The van der Waals surface area contributed by atoms with Gasteiger partial charge in [0.2, 0.25) is 0 Å². The van der Waals surface area contributed by atoms with Gasteiger partial charge in [-0.2, -0.15) is 5.11 Å². The molecule has 0 amide bonds. The molecule has 10 heteroatoms. The van der Waals surface area contributed by atoms with Crippen LogP contribution in [0.15, 0.2) is 36.1 Å². The van der Waals surface area contributed by atoms with Gasteiger partial charge in [0.25, 0.3) is 12.2 Å². The van der Waals surface area contributed by atoms with Gasteiger partial charge in [0, 0.05) is 14.1 Å². The molecular formula is C5H12N10. The Bertz CT molecular complexity index is 304. The van der Waals surface area contributed by atoms with Gasteiger partial charge in [-0.3, -0.25) is 0 Å². The van der Waals surface area contributed by atoms with Crippen molar-refractivity contribution in [3.8, 4) is 0 Å². The Morgan fingerprint density at radius 1 is 1.27 bits per heavy atom. The molecule has 1 aliphatic rings. The fourth-order valence-electron chi connectivity index (χ4n) is 0.831. The van der Waals surface area contributed by atoms with Crippen LogP contribution in [0.1, 0.15) is 0 Å². The van der Waals surface area contributed by atoms with Gasteiger partial charge >= 0.3 is 0 Å². The molecule has 0 bridgehead atoms. The van der Waals surface area contributed by atoms with E-state index in [0.29, 0.717) is 0 Å². The summed E-state index contributed by atoms with van der Waals surface area (Å²) >= 11 is 0. The third-order valence-electron chi connectivity index (χ3n) is 1.49. The highest BCUT2D eigenvalue weighted by Gasteiger charge is 2.22. The molecule has 0 unspecified atom stereocenters. The average Bonchev–Trinajstić information content (AvgIpc) is 2.53. The Kier molecular flexibility index (Phi) is 3.60. The van der Waals surface area contributed by atoms with Gasteiger partial charge in [0.1, 0.15) is 0 Å². The summed E-state index contributed by atoms with van der Waals surface area (Å²) in [6.07, 6.45) is -0.405. The minimum absolute atomic E-state index is 0.0747. The van der Waals surface area contributed by atoms with Crippen LogP contribution in [0.2, 0.25) is 0 Å². The fourth-order valence-corrected chi connectivity index (χ4v) is 0.831. The molecule has 10 nitrogen and oxygen atoms in total. The Labute approximate surface area is 86.2 Å². The van der Waals surface area contributed by atoms with Crippen LogP contribution in [0.4, 0.5) is 0 Å². The highest BCUT2D eigenvalue weighted by Crippen LogP contribution is 2.12. The van der Waals surface area contributed by atoms with Gasteiger partial charge in [0.15, 0.2) is 0 Å². The van der Waals surface area contributed by atoms with E-state index in [1.54, 1.807) is 14.1 Å². The molecule has 0 aromatic heterocycles. The second-order valence-electron chi connectivity index (χ2n) is 2.64. The largest absolute Gasteiger partial charge is 0.365 e. The van der Waals surface area contributed by atoms with Crippen molar-refractivity contribution >= 4 is 5.96 Å². The van der Waals surface area contributed by atoms with Crippen LogP contribution in [-0.4, -0.2) is 43.4 Å². The normalized spacial score (nSPS) is 19.0. The number of azo groups is 1. The second kappa shape index (κ2) is 4.93. The van der Waals surface area contributed by atoms with E-state index in [0.717, 1.165) is 0 Å². The van der Waals surface area contributed by atoms with E-state index in [-0.39, 0.29) is 5.96 Å². The lowest BCUT2D eigenvalue weighted by Crippen LogP contribution is -2.31.